The number of amides is 1. The number of rotatable bonds is 6. The van der Waals surface area contributed by atoms with Crippen LogP contribution in [-0.2, 0) is 9.59 Å². The van der Waals surface area contributed by atoms with Crippen LogP contribution in [0, 0.1) is 5.92 Å². The maximum absolute atomic E-state index is 12.1. The second-order valence-electron chi connectivity index (χ2n) is 5.39. The Bertz CT molecular complexity index is 506. The van der Waals surface area contributed by atoms with E-state index < -0.39 is 5.97 Å². The Balaban J connectivity index is 1.74. The zero-order chi connectivity index (χ0) is 15.9. The molecular weight excluding hydrogens is 286 g/mol. The van der Waals surface area contributed by atoms with Crippen LogP contribution in [0.25, 0.3) is 0 Å². The Morgan fingerprint density at radius 3 is 2.32 bits per heavy atom. The average molecular weight is 307 g/mol. The van der Waals surface area contributed by atoms with Gasteiger partial charge >= 0.3 is 5.97 Å². The summed E-state index contributed by atoms with van der Waals surface area (Å²) in [7, 11) is 1.59. The molecule has 6 heteroatoms. The van der Waals surface area contributed by atoms with Gasteiger partial charge in [-0.2, -0.15) is 0 Å². The number of carboxylic acids is 1. The smallest absolute Gasteiger partial charge is 0.303 e. The Labute approximate surface area is 129 Å². The number of carbonyl (C=O) groups is 2. The molecule has 0 spiro atoms. The molecule has 1 N–H and O–H groups in total. The number of hydrogen-bond donors (Lipinski definition) is 1. The molecule has 1 aromatic carbocycles. The second-order valence-corrected chi connectivity index (χ2v) is 5.39. The fraction of sp³-hybridized carbons (Fsp3) is 0.500. The largest absolute Gasteiger partial charge is 0.497 e. The van der Waals surface area contributed by atoms with E-state index in [1.807, 2.05) is 0 Å². The molecule has 1 aliphatic heterocycles. The first kappa shape index (κ1) is 16.1. The summed E-state index contributed by atoms with van der Waals surface area (Å²) in [4.78, 5) is 24.5. The highest BCUT2D eigenvalue weighted by Crippen LogP contribution is 2.21. The fourth-order valence-electron chi connectivity index (χ4n) is 2.54. The molecule has 6 nitrogen and oxygen atoms in total. The molecule has 0 bridgehead atoms. The average Bonchev–Trinajstić information content (AvgIpc) is 2.53. The normalized spacial score (nSPS) is 15.4. The summed E-state index contributed by atoms with van der Waals surface area (Å²) in [5.41, 5.74) is 0. The van der Waals surface area contributed by atoms with Gasteiger partial charge in [-0.1, -0.05) is 0 Å². The summed E-state index contributed by atoms with van der Waals surface area (Å²) >= 11 is 0. The molecule has 0 radical (unpaired) electrons. The maximum atomic E-state index is 12.1. The minimum Gasteiger partial charge on any atom is -0.497 e. The van der Waals surface area contributed by atoms with Crippen molar-refractivity contribution in [3.05, 3.63) is 24.3 Å². The first-order valence-electron chi connectivity index (χ1n) is 7.35. The predicted molar refractivity (Wildman–Crippen MR) is 80.0 cm³/mol. The zero-order valence-electron chi connectivity index (χ0n) is 12.7. The molecule has 22 heavy (non-hydrogen) atoms. The third-order valence-corrected chi connectivity index (χ3v) is 3.85. The highest BCUT2D eigenvalue weighted by Gasteiger charge is 2.24. The monoisotopic (exact) mass is 307 g/mol. The molecule has 1 amide bonds. The van der Waals surface area contributed by atoms with Crippen LogP contribution >= 0.6 is 0 Å². The molecule has 120 valence electrons. The topological polar surface area (TPSA) is 76.1 Å². The molecule has 2 rings (SSSR count). The number of carbonyl (C=O) groups excluding carboxylic acids is 1. The summed E-state index contributed by atoms with van der Waals surface area (Å²) in [6.45, 7) is 1.20. The lowest BCUT2D eigenvalue weighted by Gasteiger charge is -2.31. The first-order valence-corrected chi connectivity index (χ1v) is 7.35. The zero-order valence-corrected chi connectivity index (χ0v) is 12.7. The summed E-state index contributed by atoms with van der Waals surface area (Å²) in [5.74, 6) is 0.690. The number of carboxylic acid groups (broad SMARTS) is 1. The summed E-state index contributed by atoms with van der Waals surface area (Å²) in [6, 6.07) is 7.06. The SMILES string of the molecule is COc1ccc(OCC(=O)N2CCC(CC(=O)O)CC2)cc1. The summed E-state index contributed by atoms with van der Waals surface area (Å²) in [6.07, 6.45) is 1.66. The molecule has 0 aliphatic carbocycles. The van der Waals surface area contributed by atoms with Gasteiger partial charge in [-0.15, -0.1) is 0 Å². The molecule has 0 atom stereocenters. The minimum atomic E-state index is -0.771. The van der Waals surface area contributed by atoms with Gasteiger partial charge in [0, 0.05) is 19.5 Å². The van der Waals surface area contributed by atoms with Gasteiger partial charge in [0.2, 0.25) is 0 Å². The number of benzene rings is 1. The maximum Gasteiger partial charge on any atom is 0.303 e. The molecule has 0 unspecified atom stereocenters. The van der Waals surface area contributed by atoms with Gasteiger partial charge in [0.15, 0.2) is 6.61 Å². The molecule has 1 heterocycles. The number of methoxy groups -OCH3 is 1. The molecular formula is C16H21NO5. The third kappa shape index (κ3) is 4.65. The molecule has 1 fully saturated rings. The first-order chi connectivity index (χ1) is 10.6. The van der Waals surface area contributed by atoms with Crippen LogP contribution in [0.1, 0.15) is 19.3 Å². The van der Waals surface area contributed by atoms with Crippen LogP contribution in [-0.4, -0.2) is 48.7 Å². The standard InChI is InChI=1S/C16H21NO5/c1-21-13-2-4-14(5-3-13)22-11-15(18)17-8-6-12(7-9-17)10-16(19)20/h2-5,12H,6-11H2,1H3,(H,19,20). The number of nitrogens with zero attached hydrogens (tertiary/aromatic N) is 1. The lowest BCUT2D eigenvalue weighted by Crippen LogP contribution is -2.41. The van der Waals surface area contributed by atoms with Crippen molar-refractivity contribution >= 4 is 11.9 Å². The third-order valence-electron chi connectivity index (χ3n) is 3.85. The minimum absolute atomic E-state index is 0.00404. The second kappa shape index (κ2) is 7.68. The molecule has 0 saturated carbocycles. The van der Waals surface area contributed by atoms with Crippen molar-refractivity contribution < 1.29 is 24.2 Å². The highest BCUT2D eigenvalue weighted by atomic mass is 16.5. The number of likely N-dealkylation sites (tertiary alicyclic amines) is 1. The summed E-state index contributed by atoms with van der Waals surface area (Å²) < 4.78 is 10.5. The van der Waals surface area contributed by atoms with Gasteiger partial charge in [-0.3, -0.25) is 9.59 Å². The lowest BCUT2D eigenvalue weighted by molar-refractivity contribution is -0.139. The van der Waals surface area contributed by atoms with E-state index in [-0.39, 0.29) is 24.9 Å². The Kier molecular flexibility index (Phi) is 5.63. The van der Waals surface area contributed by atoms with E-state index in [9.17, 15) is 9.59 Å². The number of piperidine rings is 1. The van der Waals surface area contributed by atoms with Crippen molar-refractivity contribution in [2.75, 3.05) is 26.8 Å². The lowest BCUT2D eigenvalue weighted by atomic mass is 9.94. The van der Waals surface area contributed by atoms with Crippen molar-refractivity contribution in [3.8, 4) is 11.5 Å². The van der Waals surface area contributed by atoms with E-state index in [2.05, 4.69) is 0 Å². The molecule has 0 aromatic heterocycles. The van der Waals surface area contributed by atoms with E-state index in [1.165, 1.54) is 0 Å². The summed E-state index contributed by atoms with van der Waals surface area (Å²) in [5, 5.41) is 8.78. The predicted octanol–water partition coefficient (Wildman–Crippen LogP) is 1.79. The van der Waals surface area contributed by atoms with Gasteiger partial charge in [-0.05, 0) is 43.0 Å². The van der Waals surface area contributed by atoms with Crippen LogP contribution in [0.2, 0.25) is 0 Å². The van der Waals surface area contributed by atoms with Crippen molar-refractivity contribution in [2.24, 2.45) is 5.92 Å². The fourth-order valence-corrected chi connectivity index (χ4v) is 2.54. The van der Waals surface area contributed by atoms with E-state index >= 15 is 0 Å². The van der Waals surface area contributed by atoms with Crippen LogP contribution in [0.5, 0.6) is 11.5 Å². The van der Waals surface area contributed by atoms with Crippen molar-refractivity contribution in [2.45, 2.75) is 19.3 Å². The molecule has 1 aromatic rings. The van der Waals surface area contributed by atoms with Crippen molar-refractivity contribution in [1.29, 1.82) is 0 Å². The van der Waals surface area contributed by atoms with Gasteiger partial charge in [0.05, 0.1) is 7.11 Å². The Hall–Kier alpha value is -2.24. The Morgan fingerprint density at radius 1 is 1.18 bits per heavy atom. The molecule has 1 saturated heterocycles. The van der Waals surface area contributed by atoms with Crippen molar-refractivity contribution in [1.82, 2.24) is 4.90 Å². The van der Waals surface area contributed by atoms with Gasteiger partial charge in [-0.25, -0.2) is 0 Å². The van der Waals surface area contributed by atoms with Gasteiger partial charge < -0.3 is 19.5 Å². The number of aliphatic carboxylic acids is 1. The van der Waals surface area contributed by atoms with E-state index in [4.69, 9.17) is 14.6 Å². The quantitative estimate of drug-likeness (QED) is 0.867. The van der Waals surface area contributed by atoms with Crippen LogP contribution < -0.4 is 9.47 Å². The number of ether oxygens (including phenoxy) is 2. The van der Waals surface area contributed by atoms with Crippen LogP contribution in [0.4, 0.5) is 0 Å². The van der Waals surface area contributed by atoms with E-state index in [1.54, 1.807) is 36.3 Å². The van der Waals surface area contributed by atoms with E-state index in [0.717, 1.165) is 18.6 Å². The van der Waals surface area contributed by atoms with Gasteiger partial charge in [0.25, 0.3) is 5.91 Å². The van der Waals surface area contributed by atoms with Gasteiger partial charge in [0.1, 0.15) is 11.5 Å². The van der Waals surface area contributed by atoms with Crippen LogP contribution in [0.15, 0.2) is 24.3 Å². The Morgan fingerprint density at radius 2 is 1.77 bits per heavy atom. The van der Waals surface area contributed by atoms with E-state index in [0.29, 0.717) is 18.8 Å². The highest BCUT2D eigenvalue weighted by molar-refractivity contribution is 5.78. The van der Waals surface area contributed by atoms with Crippen LogP contribution in [0.3, 0.4) is 0 Å². The number of hydrogen-bond acceptors (Lipinski definition) is 4. The molecule has 1 aliphatic rings. The van der Waals surface area contributed by atoms with Crippen molar-refractivity contribution in [3.63, 3.8) is 0 Å².